The summed E-state index contributed by atoms with van der Waals surface area (Å²) < 4.78 is 0. The van der Waals surface area contributed by atoms with Gasteiger partial charge in [0.05, 0.1) is 11.2 Å². The minimum atomic E-state index is 0.431. The van der Waals surface area contributed by atoms with Crippen molar-refractivity contribution < 1.29 is 0 Å². The number of hydrogen-bond donors (Lipinski definition) is 1. The van der Waals surface area contributed by atoms with E-state index in [-0.39, 0.29) is 0 Å². The topological polar surface area (TPSA) is 24.9 Å². The number of allylic oxidation sites excluding steroid dienone is 1. The first-order valence-corrected chi connectivity index (χ1v) is 6.02. The number of nitrogens with one attached hydrogen (secondary N) is 1. The van der Waals surface area contributed by atoms with Crippen LogP contribution in [0.2, 0.25) is 0 Å². The third-order valence-corrected chi connectivity index (χ3v) is 2.84. The molecule has 88 valence electrons. The van der Waals surface area contributed by atoms with Crippen LogP contribution in [0.1, 0.15) is 19.8 Å². The molecular formula is C15H18N2. The Bertz CT molecular complexity index is 500. The van der Waals surface area contributed by atoms with Crippen LogP contribution in [0.5, 0.6) is 0 Å². The minimum Gasteiger partial charge on any atom is -0.381 e. The van der Waals surface area contributed by atoms with Gasteiger partial charge in [0.15, 0.2) is 0 Å². The predicted octanol–water partition coefficient (Wildman–Crippen LogP) is 4.00. The molecule has 1 atom stereocenters. The summed E-state index contributed by atoms with van der Waals surface area (Å²) >= 11 is 0. The van der Waals surface area contributed by atoms with Crippen LogP contribution in [-0.2, 0) is 0 Å². The largest absolute Gasteiger partial charge is 0.381 e. The summed E-state index contributed by atoms with van der Waals surface area (Å²) in [5.74, 6) is 0. The second-order valence-electron chi connectivity index (χ2n) is 4.29. The van der Waals surface area contributed by atoms with Gasteiger partial charge in [-0.1, -0.05) is 24.3 Å². The molecule has 1 aromatic carbocycles. The van der Waals surface area contributed by atoms with Gasteiger partial charge in [-0.15, -0.1) is 6.58 Å². The molecule has 0 aliphatic rings. The molecule has 2 aromatic rings. The number of benzene rings is 1. The monoisotopic (exact) mass is 226 g/mol. The van der Waals surface area contributed by atoms with Crippen molar-refractivity contribution in [2.75, 3.05) is 5.32 Å². The lowest BCUT2D eigenvalue weighted by Gasteiger charge is -2.15. The maximum atomic E-state index is 4.43. The van der Waals surface area contributed by atoms with Crippen LogP contribution < -0.4 is 5.32 Å². The standard InChI is InChI=1S/C15H18N2/c1-3-4-7-12(2)17-14-10-5-8-13-9-6-11-16-15(13)14/h3,5-6,8-12,17H,1,4,7H2,2H3. The van der Waals surface area contributed by atoms with Gasteiger partial charge in [0.25, 0.3) is 0 Å². The zero-order valence-corrected chi connectivity index (χ0v) is 10.2. The molecule has 0 saturated carbocycles. The van der Waals surface area contributed by atoms with Crippen LogP contribution in [0.15, 0.2) is 49.2 Å². The van der Waals surface area contributed by atoms with Crippen molar-refractivity contribution in [2.45, 2.75) is 25.8 Å². The van der Waals surface area contributed by atoms with E-state index in [2.05, 4.69) is 48.1 Å². The molecule has 1 N–H and O–H groups in total. The highest BCUT2D eigenvalue weighted by Gasteiger charge is 2.04. The van der Waals surface area contributed by atoms with Crippen LogP contribution in [-0.4, -0.2) is 11.0 Å². The average Bonchev–Trinajstić information content (AvgIpc) is 2.37. The molecule has 0 aliphatic heterocycles. The van der Waals surface area contributed by atoms with Crippen molar-refractivity contribution in [3.63, 3.8) is 0 Å². The van der Waals surface area contributed by atoms with Crippen molar-refractivity contribution in [1.29, 1.82) is 0 Å². The second kappa shape index (κ2) is 5.48. The lowest BCUT2D eigenvalue weighted by atomic mass is 10.1. The maximum absolute atomic E-state index is 4.43. The van der Waals surface area contributed by atoms with E-state index in [4.69, 9.17) is 0 Å². The molecule has 1 unspecified atom stereocenters. The van der Waals surface area contributed by atoms with Gasteiger partial charge in [0.1, 0.15) is 0 Å². The van der Waals surface area contributed by atoms with E-state index in [9.17, 15) is 0 Å². The second-order valence-corrected chi connectivity index (χ2v) is 4.29. The molecule has 2 rings (SSSR count). The first-order chi connectivity index (χ1) is 8.31. The van der Waals surface area contributed by atoms with Gasteiger partial charge in [0.2, 0.25) is 0 Å². The van der Waals surface area contributed by atoms with Crippen LogP contribution in [0.25, 0.3) is 10.9 Å². The minimum absolute atomic E-state index is 0.431. The number of nitrogens with zero attached hydrogens (tertiary/aromatic N) is 1. The molecule has 1 aromatic heterocycles. The van der Waals surface area contributed by atoms with Crippen molar-refractivity contribution in [3.05, 3.63) is 49.2 Å². The normalized spacial score (nSPS) is 12.3. The van der Waals surface area contributed by atoms with Gasteiger partial charge >= 0.3 is 0 Å². The Hall–Kier alpha value is -1.83. The van der Waals surface area contributed by atoms with E-state index in [0.29, 0.717) is 6.04 Å². The third kappa shape index (κ3) is 2.84. The van der Waals surface area contributed by atoms with E-state index in [1.54, 1.807) is 0 Å². The molecule has 0 fully saturated rings. The van der Waals surface area contributed by atoms with Gasteiger partial charge in [0, 0.05) is 17.6 Å². The van der Waals surface area contributed by atoms with E-state index in [0.717, 1.165) is 24.0 Å². The number of pyridine rings is 1. The Morgan fingerprint density at radius 2 is 2.18 bits per heavy atom. The molecule has 0 radical (unpaired) electrons. The van der Waals surface area contributed by atoms with Gasteiger partial charge in [-0.3, -0.25) is 4.98 Å². The maximum Gasteiger partial charge on any atom is 0.0933 e. The highest BCUT2D eigenvalue weighted by Crippen LogP contribution is 2.21. The number of fused-ring (bicyclic) bond motifs is 1. The van der Waals surface area contributed by atoms with Crippen LogP contribution in [0.4, 0.5) is 5.69 Å². The third-order valence-electron chi connectivity index (χ3n) is 2.84. The molecule has 1 heterocycles. The highest BCUT2D eigenvalue weighted by molar-refractivity contribution is 5.90. The summed E-state index contributed by atoms with van der Waals surface area (Å²) in [5.41, 5.74) is 2.15. The van der Waals surface area contributed by atoms with Crippen LogP contribution in [0.3, 0.4) is 0 Å². The molecular weight excluding hydrogens is 208 g/mol. The van der Waals surface area contributed by atoms with Gasteiger partial charge in [-0.2, -0.15) is 0 Å². The van der Waals surface area contributed by atoms with Crippen molar-refractivity contribution in [2.24, 2.45) is 0 Å². The molecule has 0 saturated heterocycles. The Morgan fingerprint density at radius 1 is 1.35 bits per heavy atom. The number of anilines is 1. The molecule has 0 spiro atoms. The Labute approximate surface area is 102 Å². The fourth-order valence-electron chi connectivity index (χ4n) is 1.93. The number of rotatable bonds is 5. The zero-order chi connectivity index (χ0) is 12.1. The number of para-hydroxylation sites is 1. The molecule has 0 amide bonds. The Balaban J connectivity index is 2.20. The lowest BCUT2D eigenvalue weighted by molar-refractivity contribution is 0.719. The zero-order valence-electron chi connectivity index (χ0n) is 10.2. The first kappa shape index (κ1) is 11.6. The van der Waals surface area contributed by atoms with E-state index >= 15 is 0 Å². The van der Waals surface area contributed by atoms with Crippen molar-refractivity contribution in [3.8, 4) is 0 Å². The number of aromatic nitrogens is 1. The summed E-state index contributed by atoms with van der Waals surface area (Å²) in [5, 5.41) is 4.68. The van der Waals surface area contributed by atoms with E-state index in [1.807, 2.05) is 18.3 Å². The summed E-state index contributed by atoms with van der Waals surface area (Å²) in [6.07, 6.45) is 5.92. The fourth-order valence-corrected chi connectivity index (χ4v) is 1.93. The van der Waals surface area contributed by atoms with Gasteiger partial charge in [-0.05, 0) is 31.9 Å². The molecule has 17 heavy (non-hydrogen) atoms. The van der Waals surface area contributed by atoms with Gasteiger partial charge < -0.3 is 5.32 Å². The highest BCUT2D eigenvalue weighted by atomic mass is 14.9. The summed E-state index contributed by atoms with van der Waals surface area (Å²) in [7, 11) is 0. The summed E-state index contributed by atoms with van der Waals surface area (Å²) in [4.78, 5) is 4.43. The van der Waals surface area contributed by atoms with Crippen LogP contribution in [0, 0.1) is 0 Å². The van der Waals surface area contributed by atoms with E-state index in [1.165, 1.54) is 5.39 Å². The average molecular weight is 226 g/mol. The molecule has 0 bridgehead atoms. The van der Waals surface area contributed by atoms with Gasteiger partial charge in [-0.25, -0.2) is 0 Å². The SMILES string of the molecule is C=CCCC(C)Nc1cccc2cccnc12. The fraction of sp³-hybridized carbons (Fsp3) is 0.267. The smallest absolute Gasteiger partial charge is 0.0933 e. The Kier molecular flexibility index (Phi) is 3.76. The molecule has 2 nitrogen and oxygen atoms in total. The van der Waals surface area contributed by atoms with Crippen molar-refractivity contribution in [1.82, 2.24) is 4.98 Å². The lowest BCUT2D eigenvalue weighted by Crippen LogP contribution is -2.14. The molecule has 0 aliphatic carbocycles. The summed E-state index contributed by atoms with van der Waals surface area (Å²) in [6, 6.07) is 10.7. The quantitative estimate of drug-likeness (QED) is 0.779. The van der Waals surface area contributed by atoms with E-state index < -0.39 is 0 Å². The van der Waals surface area contributed by atoms with Crippen molar-refractivity contribution >= 4 is 16.6 Å². The first-order valence-electron chi connectivity index (χ1n) is 6.02. The predicted molar refractivity (Wildman–Crippen MR) is 74.3 cm³/mol. The Morgan fingerprint density at radius 3 is 3.00 bits per heavy atom. The molecule has 2 heteroatoms. The number of hydrogen-bond acceptors (Lipinski definition) is 2. The summed E-state index contributed by atoms with van der Waals surface area (Å²) in [6.45, 7) is 5.94. The van der Waals surface area contributed by atoms with Crippen LogP contribution >= 0.6 is 0 Å².